The second-order valence-electron chi connectivity index (χ2n) is 7.94. The number of hydrogen-bond acceptors (Lipinski definition) is 4. The highest BCUT2D eigenvalue weighted by molar-refractivity contribution is 5.99. The van der Waals surface area contributed by atoms with Crippen LogP contribution in [0.15, 0.2) is 60.7 Å². The second kappa shape index (κ2) is 5.35. The molecule has 0 saturated carbocycles. The van der Waals surface area contributed by atoms with Crippen LogP contribution in [0, 0.1) is 10.1 Å². The highest BCUT2D eigenvalue weighted by Gasteiger charge is 2.57. The predicted octanol–water partition coefficient (Wildman–Crippen LogP) is 5.28. The largest absolute Gasteiger partial charge is 0.462 e. The Bertz CT molecular complexity index is 1180. The van der Waals surface area contributed by atoms with E-state index in [0.717, 1.165) is 16.6 Å². The summed E-state index contributed by atoms with van der Waals surface area (Å²) in [6.07, 6.45) is 4.14. The molecular weight excluding hydrogens is 352 g/mol. The van der Waals surface area contributed by atoms with E-state index in [0.29, 0.717) is 11.1 Å². The molecule has 3 aromatic rings. The molecule has 0 aliphatic carbocycles. The van der Waals surface area contributed by atoms with Crippen molar-refractivity contribution >= 4 is 28.2 Å². The molecule has 0 N–H and O–H groups in total. The molecule has 5 rings (SSSR count). The summed E-state index contributed by atoms with van der Waals surface area (Å²) in [7, 11) is 2.01. The van der Waals surface area contributed by atoms with Crippen LogP contribution < -0.4 is 9.64 Å². The van der Waals surface area contributed by atoms with E-state index < -0.39 is 5.72 Å². The van der Waals surface area contributed by atoms with E-state index >= 15 is 0 Å². The number of anilines is 1. The SMILES string of the molecule is CN1c2ccccc2C(C)(C)C12C=Cc1c(cc([N+](=O)[O-])c3ccccc13)O2. The first-order chi connectivity index (χ1) is 13.4. The maximum atomic E-state index is 11.7. The van der Waals surface area contributed by atoms with Crippen LogP contribution in [0.4, 0.5) is 11.4 Å². The molecule has 0 bridgehead atoms. The number of fused-ring (bicyclic) bond motifs is 4. The smallest absolute Gasteiger partial charge is 0.280 e. The Morgan fingerprint density at radius 3 is 2.43 bits per heavy atom. The van der Waals surface area contributed by atoms with Gasteiger partial charge < -0.3 is 9.64 Å². The minimum Gasteiger partial charge on any atom is -0.462 e. The minimum atomic E-state index is -0.750. The summed E-state index contributed by atoms with van der Waals surface area (Å²) in [6, 6.07) is 17.2. The van der Waals surface area contributed by atoms with Crippen LogP contribution in [-0.2, 0) is 5.41 Å². The third kappa shape index (κ3) is 1.91. The van der Waals surface area contributed by atoms with E-state index in [1.54, 1.807) is 12.1 Å². The van der Waals surface area contributed by atoms with Crippen molar-refractivity contribution in [3.63, 3.8) is 0 Å². The number of benzene rings is 3. The highest BCUT2D eigenvalue weighted by Crippen LogP contribution is 2.55. The van der Waals surface area contributed by atoms with Crippen molar-refractivity contribution in [1.29, 1.82) is 0 Å². The molecule has 5 nitrogen and oxygen atoms in total. The Balaban J connectivity index is 1.75. The van der Waals surface area contributed by atoms with Gasteiger partial charge in [0, 0.05) is 18.3 Å². The maximum Gasteiger partial charge on any atom is 0.280 e. The van der Waals surface area contributed by atoms with Gasteiger partial charge in [-0.05, 0) is 49.1 Å². The van der Waals surface area contributed by atoms with Gasteiger partial charge in [-0.2, -0.15) is 0 Å². The number of para-hydroxylation sites is 1. The van der Waals surface area contributed by atoms with Crippen molar-refractivity contribution < 1.29 is 9.66 Å². The van der Waals surface area contributed by atoms with Gasteiger partial charge in [-0.15, -0.1) is 0 Å². The monoisotopic (exact) mass is 372 g/mol. The Labute approximate surface area is 163 Å². The van der Waals surface area contributed by atoms with Gasteiger partial charge in [-0.3, -0.25) is 10.1 Å². The van der Waals surface area contributed by atoms with Crippen molar-refractivity contribution in [3.05, 3.63) is 81.9 Å². The number of non-ortho nitro benzene ring substituents is 1. The standard InChI is InChI=1S/C23H20N2O3/c1-22(2)18-10-6-7-11-19(18)24(3)23(22)13-12-17-15-8-4-5-9-16(15)20(25(26)27)14-21(17)28-23/h4-14H,1-3H3. The first-order valence-corrected chi connectivity index (χ1v) is 9.28. The van der Waals surface area contributed by atoms with Crippen molar-refractivity contribution in [2.45, 2.75) is 25.0 Å². The first kappa shape index (κ1) is 16.8. The van der Waals surface area contributed by atoms with E-state index in [-0.39, 0.29) is 16.0 Å². The lowest BCUT2D eigenvalue weighted by atomic mass is 9.76. The molecule has 140 valence electrons. The molecule has 1 unspecified atom stereocenters. The van der Waals surface area contributed by atoms with Crippen molar-refractivity contribution in [3.8, 4) is 5.75 Å². The molecule has 2 aliphatic rings. The van der Waals surface area contributed by atoms with E-state index in [4.69, 9.17) is 4.74 Å². The Morgan fingerprint density at radius 1 is 1.04 bits per heavy atom. The summed E-state index contributed by atoms with van der Waals surface area (Å²) >= 11 is 0. The fourth-order valence-electron chi connectivity index (χ4n) is 4.76. The summed E-state index contributed by atoms with van der Waals surface area (Å²) in [6.45, 7) is 4.31. The first-order valence-electron chi connectivity index (χ1n) is 9.28. The Morgan fingerprint density at radius 2 is 1.71 bits per heavy atom. The lowest BCUT2D eigenvalue weighted by molar-refractivity contribution is -0.383. The normalized spacial score (nSPS) is 21.5. The van der Waals surface area contributed by atoms with Gasteiger partial charge in [0.2, 0.25) is 5.72 Å². The summed E-state index contributed by atoms with van der Waals surface area (Å²) < 4.78 is 6.62. The van der Waals surface area contributed by atoms with Gasteiger partial charge in [0.25, 0.3) is 5.69 Å². The number of ether oxygens (including phenoxy) is 1. The van der Waals surface area contributed by atoms with Gasteiger partial charge in [0.05, 0.1) is 21.8 Å². The van der Waals surface area contributed by atoms with Crippen LogP contribution in [0.1, 0.15) is 25.0 Å². The molecule has 28 heavy (non-hydrogen) atoms. The van der Waals surface area contributed by atoms with Crippen LogP contribution in [0.25, 0.3) is 16.8 Å². The fraction of sp³-hybridized carbons (Fsp3) is 0.217. The second-order valence-corrected chi connectivity index (χ2v) is 7.94. The number of nitro groups is 1. The minimum absolute atomic E-state index is 0.0655. The molecule has 1 spiro atoms. The topological polar surface area (TPSA) is 55.6 Å². The van der Waals surface area contributed by atoms with Crippen molar-refractivity contribution in [2.75, 3.05) is 11.9 Å². The van der Waals surface area contributed by atoms with Crippen LogP contribution in [0.5, 0.6) is 5.75 Å². The van der Waals surface area contributed by atoms with Crippen LogP contribution in [0.3, 0.4) is 0 Å². The summed E-state index contributed by atoms with van der Waals surface area (Å²) in [4.78, 5) is 13.5. The molecule has 2 aliphatic heterocycles. The van der Waals surface area contributed by atoms with E-state index in [1.807, 2.05) is 37.4 Å². The van der Waals surface area contributed by atoms with Crippen LogP contribution in [-0.4, -0.2) is 17.7 Å². The molecule has 0 radical (unpaired) electrons. The van der Waals surface area contributed by atoms with Crippen molar-refractivity contribution in [1.82, 2.24) is 0 Å². The molecule has 0 fully saturated rings. The van der Waals surface area contributed by atoms with Crippen LogP contribution >= 0.6 is 0 Å². The van der Waals surface area contributed by atoms with E-state index in [9.17, 15) is 10.1 Å². The summed E-state index contributed by atoms with van der Waals surface area (Å²) in [5.41, 5.74) is 2.16. The number of likely N-dealkylation sites (N-methyl/N-ethyl adjacent to an activating group) is 1. The molecule has 0 aromatic heterocycles. The molecule has 0 saturated heterocycles. The number of hydrogen-bond donors (Lipinski definition) is 0. The van der Waals surface area contributed by atoms with E-state index in [1.165, 1.54) is 5.56 Å². The van der Waals surface area contributed by atoms with Crippen LogP contribution in [0.2, 0.25) is 0 Å². The van der Waals surface area contributed by atoms with E-state index in [2.05, 4.69) is 43.0 Å². The molecule has 2 heterocycles. The fourth-order valence-corrected chi connectivity index (χ4v) is 4.76. The Kier molecular flexibility index (Phi) is 3.21. The third-order valence-electron chi connectivity index (χ3n) is 6.30. The quantitative estimate of drug-likeness (QED) is 0.431. The molecule has 3 aromatic carbocycles. The summed E-state index contributed by atoms with van der Waals surface area (Å²) in [5, 5.41) is 13.2. The lowest BCUT2D eigenvalue weighted by Gasteiger charge is -2.45. The number of rotatable bonds is 1. The molecular formula is C23H20N2O3. The lowest BCUT2D eigenvalue weighted by Crippen LogP contribution is -2.58. The van der Waals surface area contributed by atoms with Gasteiger partial charge in [0.1, 0.15) is 5.75 Å². The average Bonchev–Trinajstić information content (AvgIpc) is 2.86. The summed E-state index contributed by atoms with van der Waals surface area (Å²) in [5.74, 6) is 0.542. The average molecular weight is 372 g/mol. The van der Waals surface area contributed by atoms with Gasteiger partial charge in [-0.25, -0.2) is 0 Å². The zero-order valence-electron chi connectivity index (χ0n) is 16.0. The maximum absolute atomic E-state index is 11.7. The third-order valence-corrected chi connectivity index (χ3v) is 6.30. The highest BCUT2D eigenvalue weighted by atomic mass is 16.6. The number of nitrogens with zero attached hydrogens (tertiary/aromatic N) is 2. The van der Waals surface area contributed by atoms with Gasteiger partial charge >= 0.3 is 0 Å². The van der Waals surface area contributed by atoms with Gasteiger partial charge in [-0.1, -0.05) is 36.4 Å². The molecule has 1 atom stereocenters. The van der Waals surface area contributed by atoms with Gasteiger partial charge in [0.15, 0.2) is 0 Å². The number of nitro benzene ring substituents is 1. The van der Waals surface area contributed by atoms with Crippen molar-refractivity contribution in [2.24, 2.45) is 0 Å². The zero-order chi connectivity index (χ0) is 19.7. The Hall–Kier alpha value is -3.34. The molecule has 5 heteroatoms. The zero-order valence-corrected chi connectivity index (χ0v) is 16.0. The predicted molar refractivity (Wildman–Crippen MR) is 111 cm³/mol. The molecule has 0 amide bonds.